The van der Waals surface area contributed by atoms with Crippen molar-refractivity contribution in [1.29, 1.82) is 0 Å². The second-order valence-corrected chi connectivity index (χ2v) is 10.2. The van der Waals surface area contributed by atoms with Crippen molar-refractivity contribution in [3.63, 3.8) is 0 Å². The molecule has 0 aromatic carbocycles. The summed E-state index contributed by atoms with van der Waals surface area (Å²) in [6, 6.07) is 4.96. The van der Waals surface area contributed by atoms with Crippen molar-refractivity contribution in [2.45, 2.75) is 50.7 Å². The van der Waals surface area contributed by atoms with Crippen molar-refractivity contribution in [1.82, 2.24) is 30.1 Å². The van der Waals surface area contributed by atoms with E-state index < -0.39 is 6.04 Å². The number of likely N-dealkylation sites (N-methyl/N-ethyl adjacent to an activating group) is 1. The summed E-state index contributed by atoms with van der Waals surface area (Å²) >= 11 is 1.59. The molecule has 2 aliphatic heterocycles. The molecular weight excluding hydrogens is 464 g/mol. The van der Waals surface area contributed by atoms with E-state index in [0.29, 0.717) is 19.8 Å². The Balaban J connectivity index is 1.38. The van der Waals surface area contributed by atoms with Crippen LogP contribution in [0.2, 0.25) is 0 Å². The highest BCUT2D eigenvalue weighted by molar-refractivity contribution is 7.10. The lowest BCUT2D eigenvalue weighted by Crippen LogP contribution is -2.56. The molecule has 5 rings (SSSR count). The second-order valence-electron chi connectivity index (χ2n) is 9.30. The van der Waals surface area contributed by atoms with E-state index in [9.17, 15) is 9.59 Å². The second kappa shape index (κ2) is 10.4. The fraction of sp³-hybridized carbons (Fsp3) is 0.520. The number of carbonyl (C=O) groups is 2. The predicted octanol–water partition coefficient (Wildman–Crippen LogP) is 2.64. The molecule has 3 aromatic heterocycles. The number of ether oxygens (including phenoxy) is 1. The quantitative estimate of drug-likeness (QED) is 0.522. The predicted molar refractivity (Wildman–Crippen MR) is 134 cm³/mol. The highest BCUT2D eigenvalue weighted by Gasteiger charge is 2.40. The molecule has 0 bridgehead atoms. The average molecular weight is 497 g/mol. The van der Waals surface area contributed by atoms with Crippen molar-refractivity contribution in [2.75, 3.05) is 26.8 Å². The largest absolute Gasteiger partial charge is 0.381 e. The maximum Gasteiger partial charge on any atom is 0.246 e. The number of carbonyl (C=O) groups excluding carboxylic acids is 2. The Hall–Kier alpha value is -2.82. The molecule has 3 aromatic rings. The van der Waals surface area contributed by atoms with Crippen LogP contribution in [0.1, 0.15) is 43.7 Å². The third-order valence-corrected chi connectivity index (χ3v) is 8.12. The van der Waals surface area contributed by atoms with E-state index in [1.165, 1.54) is 0 Å². The van der Waals surface area contributed by atoms with E-state index in [1.807, 2.05) is 45.4 Å². The van der Waals surface area contributed by atoms with E-state index in [4.69, 9.17) is 9.72 Å². The molecule has 0 spiro atoms. The van der Waals surface area contributed by atoms with Crippen LogP contribution in [0.25, 0.3) is 16.8 Å². The summed E-state index contributed by atoms with van der Waals surface area (Å²) in [6.45, 7) is 3.71. The normalized spacial score (nSPS) is 20.7. The van der Waals surface area contributed by atoms with Crippen LogP contribution in [0.4, 0.5) is 0 Å². The summed E-state index contributed by atoms with van der Waals surface area (Å²) in [5.41, 5.74) is 2.87. The molecule has 0 radical (unpaired) electrons. The van der Waals surface area contributed by atoms with Crippen LogP contribution in [0.3, 0.4) is 0 Å². The Kier molecular flexibility index (Phi) is 7.12. The molecule has 2 amide bonds. The zero-order valence-electron chi connectivity index (χ0n) is 20.1. The molecule has 0 aliphatic carbocycles. The number of pyridine rings is 1. The molecule has 9 nitrogen and oxygen atoms in total. The first-order valence-corrected chi connectivity index (χ1v) is 13.2. The van der Waals surface area contributed by atoms with Crippen LogP contribution in [0, 0.1) is 5.92 Å². The van der Waals surface area contributed by atoms with E-state index in [2.05, 4.69) is 15.7 Å². The SMILES string of the molecule is CN[C@@H](C)C(=O)N[C@H](C(=O)N1CCC[C@H]1c1nc(-c2cnn3ccccc23)cs1)C1CCOCC1. The van der Waals surface area contributed by atoms with Crippen LogP contribution >= 0.6 is 11.3 Å². The number of amides is 2. The summed E-state index contributed by atoms with van der Waals surface area (Å²) < 4.78 is 7.36. The monoisotopic (exact) mass is 496 g/mol. The van der Waals surface area contributed by atoms with Gasteiger partial charge >= 0.3 is 0 Å². The Morgan fingerprint density at radius 2 is 2.06 bits per heavy atom. The van der Waals surface area contributed by atoms with Crippen LogP contribution in [0.15, 0.2) is 36.0 Å². The average Bonchev–Trinajstić information content (AvgIpc) is 3.65. The van der Waals surface area contributed by atoms with Crippen LogP contribution in [-0.4, -0.2) is 70.2 Å². The highest BCUT2D eigenvalue weighted by Crippen LogP contribution is 2.37. The molecule has 0 unspecified atom stereocenters. The zero-order valence-corrected chi connectivity index (χ0v) is 21.0. The molecule has 2 aliphatic rings. The van der Waals surface area contributed by atoms with E-state index in [0.717, 1.165) is 47.5 Å². The summed E-state index contributed by atoms with van der Waals surface area (Å²) in [7, 11) is 1.75. The lowest BCUT2D eigenvalue weighted by molar-refractivity contribution is -0.140. The standard InChI is InChI=1S/C25H32N6O3S/c1-16(26-2)23(32)29-22(17-8-12-34-13-9-17)25(33)30-10-5-7-21(30)24-28-19(15-35-24)18-14-27-31-11-4-3-6-20(18)31/h3-4,6,11,14-17,21-22,26H,5,7-10,12-13H2,1-2H3,(H,29,32)/t16-,21-,22-/m0/s1. The minimum Gasteiger partial charge on any atom is -0.381 e. The summed E-state index contributed by atoms with van der Waals surface area (Å²) in [4.78, 5) is 33.5. The first kappa shape index (κ1) is 23.9. The third kappa shape index (κ3) is 4.82. The number of rotatable bonds is 7. The number of likely N-dealkylation sites (tertiary alicyclic amines) is 1. The number of nitrogens with zero attached hydrogens (tertiary/aromatic N) is 4. The molecule has 2 fully saturated rings. The number of fused-ring (bicyclic) bond motifs is 1. The van der Waals surface area contributed by atoms with Crippen LogP contribution in [0.5, 0.6) is 0 Å². The van der Waals surface area contributed by atoms with Crippen molar-refractivity contribution >= 4 is 28.7 Å². The van der Waals surface area contributed by atoms with E-state index in [-0.39, 0.29) is 29.8 Å². The van der Waals surface area contributed by atoms with Crippen molar-refractivity contribution in [3.05, 3.63) is 41.0 Å². The van der Waals surface area contributed by atoms with Gasteiger partial charge in [-0.1, -0.05) is 6.07 Å². The maximum absolute atomic E-state index is 13.9. The molecule has 5 heterocycles. The van der Waals surface area contributed by atoms with Gasteiger partial charge in [-0.3, -0.25) is 9.59 Å². The summed E-state index contributed by atoms with van der Waals surface area (Å²) in [5, 5.41) is 13.4. The van der Waals surface area contributed by atoms with Crippen molar-refractivity contribution < 1.29 is 14.3 Å². The smallest absolute Gasteiger partial charge is 0.246 e. The van der Waals surface area contributed by atoms with Gasteiger partial charge in [0.2, 0.25) is 11.8 Å². The van der Waals surface area contributed by atoms with E-state index in [1.54, 1.807) is 25.3 Å². The van der Waals surface area contributed by atoms with Gasteiger partial charge < -0.3 is 20.3 Å². The van der Waals surface area contributed by atoms with Gasteiger partial charge in [0.05, 0.1) is 29.5 Å². The lowest BCUT2D eigenvalue weighted by atomic mass is 9.90. The van der Waals surface area contributed by atoms with Gasteiger partial charge in [0.25, 0.3) is 0 Å². The summed E-state index contributed by atoms with van der Waals surface area (Å²) in [5.74, 6) is -0.0994. The van der Waals surface area contributed by atoms with Gasteiger partial charge in [-0.25, -0.2) is 9.50 Å². The van der Waals surface area contributed by atoms with Crippen LogP contribution in [-0.2, 0) is 14.3 Å². The van der Waals surface area contributed by atoms with Crippen molar-refractivity contribution in [3.8, 4) is 11.3 Å². The number of hydrogen-bond donors (Lipinski definition) is 2. The third-order valence-electron chi connectivity index (χ3n) is 7.17. The number of hydrogen-bond acceptors (Lipinski definition) is 7. The first-order valence-electron chi connectivity index (χ1n) is 12.3. The molecule has 186 valence electrons. The van der Waals surface area contributed by atoms with Gasteiger partial charge in [-0.05, 0) is 57.7 Å². The Morgan fingerprint density at radius 3 is 2.86 bits per heavy atom. The number of nitrogens with one attached hydrogen (secondary N) is 2. The van der Waals surface area contributed by atoms with Gasteiger partial charge in [-0.15, -0.1) is 11.3 Å². The topological polar surface area (TPSA) is 101 Å². The fourth-order valence-electron chi connectivity index (χ4n) is 5.00. The molecule has 35 heavy (non-hydrogen) atoms. The minimum atomic E-state index is -0.554. The van der Waals surface area contributed by atoms with Gasteiger partial charge in [-0.2, -0.15) is 5.10 Å². The Morgan fingerprint density at radius 1 is 1.23 bits per heavy atom. The fourth-order valence-corrected chi connectivity index (χ4v) is 5.97. The highest BCUT2D eigenvalue weighted by atomic mass is 32.1. The van der Waals surface area contributed by atoms with Crippen LogP contribution < -0.4 is 10.6 Å². The molecular formula is C25H32N6O3S. The molecule has 10 heteroatoms. The Bertz CT molecular complexity index is 1190. The maximum atomic E-state index is 13.9. The number of thiazole rings is 1. The van der Waals surface area contributed by atoms with Crippen molar-refractivity contribution in [2.24, 2.45) is 5.92 Å². The molecule has 2 saturated heterocycles. The molecule has 3 atom stereocenters. The molecule has 0 saturated carbocycles. The lowest BCUT2D eigenvalue weighted by Gasteiger charge is -2.35. The summed E-state index contributed by atoms with van der Waals surface area (Å²) in [6.07, 6.45) is 7.07. The van der Waals surface area contributed by atoms with E-state index >= 15 is 0 Å². The van der Waals surface area contributed by atoms with Gasteiger partial charge in [0.15, 0.2) is 0 Å². The van der Waals surface area contributed by atoms with Gasteiger partial charge in [0.1, 0.15) is 11.0 Å². The zero-order chi connectivity index (χ0) is 24.4. The Labute approximate surface area is 208 Å². The minimum absolute atomic E-state index is 0.0104. The first-order chi connectivity index (χ1) is 17.1. The molecule has 2 N–H and O–H groups in total. The van der Waals surface area contributed by atoms with Gasteiger partial charge in [0, 0.05) is 36.9 Å². The number of aromatic nitrogens is 3.